The lowest BCUT2D eigenvalue weighted by Crippen LogP contribution is -2.28. The van der Waals surface area contributed by atoms with Gasteiger partial charge >= 0.3 is 0 Å². The molecular weight excluding hydrogens is 170 g/mol. The first-order valence-corrected chi connectivity index (χ1v) is 3.86. The van der Waals surface area contributed by atoms with E-state index >= 15 is 0 Å². The van der Waals surface area contributed by atoms with Gasteiger partial charge in [-0.1, -0.05) is 0 Å². The normalized spacial score (nSPS) is 9.64. The molecule has 11 heavy (non-hydrogen) atoms. The zero-order valence-electron chi connectivity index (χ0n) is 6.18. The molecule has 0 radical (unpaired) electrons. The Bertz CT molecular complexity index is 110. The zero-order valence-corrected chi connectivity index (χ0v) is 6.93. The molecule has 0 heterocycles. The maximum absolute atomic E-state index is 10.5. The van der Waals surface area contributed by atoms with Gasteiger partial charge in [-0.15, -0.1) is 11.6 Å². The number of carbonyl (C=O) groups is 1. The van der Waals surface area contributed by atoms with E-state index in [1.165, 1.54) is 0 Å². The van der Waals surface area contributed by atoms with Gasteiger partial charge in [0.05, 0.1) is 19.8 Å². The molecular formula is C6H12ClNO3. The van der Waals surface area contributed by atoms with Gasteiger partial charge in [0, 0.05) is 6.54 Å². The number of hydrogen-bond acceptors (Lipinski definition) is 3. The van der Waals surface area contributed by atoms with Crippen molar-refractivity contribution in [2.45, 2.75) is 0 Å². The molecule has 0 saturated heterocycles. The molecule has 5 heteroatoms. The Kier molecular flexibility index (Phi) is 7.56. The molecule has 0 aliphatic rings. The number of hydrogen-bond donors (Lipinski definition) is 2. The number of nitrogens with one attached hydrogen (secondary N) is 1. The number of ether oxygens (including phenoxy) is 1. The van der Waals surface area contributed by atoms with Gasteiger partial charge in [0.15, 0.2) is 0 Å². The number of rotatable bonds is 6. The Morgan fingerprint density at radius 3 is 2.82 bits per heavy atom. The van der Waals surface area contributed by atoms with Crippen molar-refractivity contribution in [3.8, 4) is 0 Å². The SMILES string of the molecule is O=C(CCl)NCCOCCO. The molecule has 0 bridgehead atoms. The van der Waals surface area contributed by atoms with Gasteiger partial charge in [-0.2, -0.15) is 0 Å². The van der Waals surface area contributed by atoms with Crippen LogP contribution in [0.4, 0.5) is 0 Å². The summed E-state index contributed by atoms with van der Waals surface area (Å²) in [5, 5.41) is 10.8. The number of amides is 1. The first kappa shape index (κ1) is 10.7. The molecule has 2 N–H and O–H groups in total. The summed E-state index contributed by atoms with van der Waals surface area (Å²) in [7, 11) is 0. The number of aliphatic hydroxyl groups excluding tert-OH is 1. The molecule has 0 aliphatic carbocycles. The Hall–Kier alpha value is -0.320. The van der Waals surface area contributed by atoms with E-state index in [-0.39, 0.29) is 18.4 Å². The van der Waals surface area contributed by atoms with E-state index in [0.717, 1.165) is 0 Å². The first-order valence-electron chi connectivity index (χ1n) is 3.32. The Balaban J connectivity index is 2.95. The summed E-state index contributed by atoms with van der Waals surface area (Å²) in [6.45, 7) is 1.15. The molecule has 0 fully saturated rings. The van der Waals surface area contributed by atoms with E-state index in [9.17, 15) is 4.79 Å². The van der Waals surface area contributed by atoms with Crippen LogP contribution < -0.4 is 5.32 Å². The van der Waals surface area contributed by atoms with Crippen molar-refractivity contribution in [1.29, 1.82) is 0 Å². The van der Waals surface area contributed by atoms with E-state index in [0.29, 0.717) is 19.8 Å². The fourth-order valence-electron chi connectivity index (χ4n) is 0.476. The molecule has 0 aromatic carbocycles. The molecule has 66 valence electrons. The summed E-state index contributed by atoms with van der Waals surface area (Å²) in [4.78, 5) is 10.5. The van der Waals surface area contributed by atoms with Crippen LogP contribution in [0.15, 0.2) is 0 Å². The summed E-state index contributed by atoms with van der Waals surface area (Å²) in [6, 6.07) is 0. The van der Waals surface area contributed by atoms with Crippen LogP contribution in [0, 0.1) is 0 Å². The second-order valence-electron chi connectivity index (χ2n) is 1.82. The highest BCUT2D eigenvalue weighted by Gasteiger charge is 1.95. The van der Waals surface area contributed by atoms with Crippen molar-refractivity contribution in [3.05, 3.63) is 0 Å². The van der Waals surface area contributed by atoms with Crippen molar-refractivity contribution in [3.63, 3.8) is 0 Å². The van der Waals surface area contributed by atoms with Crippen LogP contribution in [-0.4, -0.2) is 43.3 Å². The van der Waals surface area contributed by atoms with E-state index in [4.69, 9.17) is 21.4 Å². The van der Waals surface area contributed by atoms with E-state index in [1.54, 1.807) is 0 Å². The maximum Gasteiger partial charge on any atom is 0.235 e. The van der Waals surface area contributed by atoms with Crippen molar-refractivity contribution >= 4 is 17.5 Å². The molecule has 0 unspecified atom stereocenters. The minimum absolute atomic E-state index is 0.00343. The zero-order chi connectivity index (χ0) is 8.53. The van der Waals surface area contributed by atoms with Crippen LogP contribution in [0.3, 0.4) is 0 Å². The molecule has 1 amide bonds. The average Bonchev–Trinajstić information content (AvgIpc) is 2.04. The lowest BCUT2D eigenvalue weighted by atomic mass is 10.6. The van der Waals surface area contributed by atoms with Gasteiger partial charge in [0.2, 0.25) is 5.91 Å². The van der Waals surface area contributed by atoms with Gasteiger partial charge in [0.1, 0.15) is 5.88 Å². The molecule has 0 aromatic heterocycles. The summed E-state index contributed by atoms with van der Waals surface area (Å²) in [5.74, 6) is -0.237. The quantitative estimate of drug-likeness (QED) is 0.423. The smallest absolute Gasteiger partial charge is 0.235 e. The molecule has 4 nitrogen and oxygen atoms in total. The van der Waals surface area contributed by atoms with Crippen LogP contribution >= 0.6 is 11.6 Å². The number of halogens is 1. The second kappa shape index (κ2) is 7.78. The predicted molar refractivity (Wildman–Crippen MR) is 41.6 cm³/mol. The van der Waals surface area contributed by atoms with Crippen molar-refractivity contribution in [1.82, 2.24) is 5.32 Å². The number of carbonyl (C=O) groups excluding carboxylic acids is 1. The Labute approximate surface area is 70.5 Å². The third-order valence-corrected chi connectivity index (χ3v) is 1.17. The third-order valence-electron chi connectivity index (χ3n) is 0.926. The first-order chi connectivity index (χ1) is 5.31. The lowest BCUT2D eigenvalue weighted by molar-refractivity contribution is -0.118. The standard InChI is InChI=1S/C6H12ClNO3/c7-5-6(10)8-1-3-11-4-2-9/h9H,1-5H2,(H,8,10). The summed E-state index contributed by atoms with van der Waals surface area (Å²) < 4.78 is 4.87. The summed E-state index contributed by atoms with van der Waals surface area (Å²) in [5.41, 5.74) is 0. The maximum atomic E-state index is 10.5. The van der Waals surface area contributed by atoms with Gasteiger partial charge in [-0.25, -0.2) is 0 Å². The van der Waals surface area contributed by atoms with Gasteiger partial charge in [0.25, 0.3) is 0 Å². The number of aliphatic hydroxyl groups is 1. The van der Waals surface area contributed by atoms with Gasteiger partial charge in [-0.05, 0) is 0 Å². The van der Waals surface area contributed by atoms with Crippen molar-refractivity contribution < 1.29 is 14.6 Å². The minimum Gasteiger partial charge on any atom is -0.394 e. The van der Waals surface area contributed by atoms with Gasteiger partial charge < -0.3 is 15.2 Å². The van der Waals surface area contributed by atoms with Crippen molar-refractivity contribution in [2.24, 2.45) is 0 Å². The highest BCUT2D eigenvalue weighted by atomic mass is 35.5. The molecule has 0 saturated carbocycles. The van der Waals surface area contributed by atoms with Crippen LogP contribution in [0.5, 0.6) is 0 Å². The van der Waals surface area contributed by atoms with Crippen LogP contribution in [0.25, 0.3) is 0 Å². The highest BCUT2D eigenvalue weighted by Crippen LogP contribution is 1.75. The molecule has 0 aliphatic heterocycles. The fraction of sp³-hybridized carbons (Fsp3) is 0.833. The highest BCUT2D eigenvalue weighted by molar-refractivity contribution is 6.27. The Morgan fingerprint density at radius 1 is 1.55 bits per heavy atom. The monoisotopic (exact) mass is 181 g/mol. The molecule has 0 rings (SSSR count). The van der Waals surface area contributed by atoms with E-state index < -0.39 is 0 Å². The van der Waals surface area contributed by atoms with Crippen LogP contribution in [0.2, 0.25) is 0 Å². The minimum atomic E-state index is -0.209. The topological polar surface area (TPSA) is 58.6 Å². The number of alkyl halides is 1. The molecule has 0 atom stereocenters. The molecule has 0 spiro atoms. The summed E-state index contributed by atoms with van der Waals surface area (Å²) in [6.07, 6.45) is 0. The van der Waals surface area contributed by atoms with Crippen LogP contribution in [0.1, 0.15) is 0 Å². The molecule has 0 aromatic rings. The second-order valence-corrected chi connectivity index (χ2v) is 2.09. The largest absolute Gasteiger partial charge is 0.394 e. The fourth-order valence-corrected chi connectivity index (χ4v) is 0.571. The lowest BCUT2D eigenvalue weighted by Gasteiger charge is -2.02. The van der Waals surface area contributed by atoms with E-state index in [2.05, 4.69) is 5.32 Å². The van der Waals surface area contributed by atoms with Gasteiger partial charge in [-0.3, -0.25) is 4.79 Å². The third kappa shape index (κ3) is 7.58. The van der Waals surface area contributed by atoms with Crippen molar-refractivity contribution in [2.75, 3.05) is 32.2 Å². The Morgan fingerprint density at radius 2 is 2.27 bits per heavy atom. The average molecular weight is 182 g/mol. The predicted octanol–water partition coefficient (Wildman–Crippen LogP) is -0.650. The summed E-state index contributed by atoms with van der Waals surface area (Å²) >= 11 is 5.20. The van der Waals surface area contributed by atoms with E-state index in [1.807, 2.05) is 0 Å². The van der Waals surface area contributed by atoms with Crippen LogP contribution in [-0.2, 0) is 9.53 Å².